The van der Waals surface area contributed by atoms with E-state index < -0.39 is 0 Å². The molecule has 260 valence electrons. The van der Waals surface area contributed by atoms with Crippen LogP contribution in [-0.2, 0) is 35.3 Å². The summed E-state index contributed by atoms with van der Waals surface area (Å²) in [5, 5.41) is 2.77. The van der Waals surface area contributed by atoms with Crippen molar-refractivity contribution in [3.63, 3.8) is 0 Å². The molecule has 0 fully saturated rings. The fourth-order valence-electron chi connectivity index (χ4n) is 5.60. The SMILES string of the molecule is CC(C)C(=O)Cl.Cc1sc2c(c1-c1ccc(N)nc1)CCCC2.Cc1sc2c(c1-c1ccc(NC(=O)C(C)C)nc1)CCCC2.ClCCl. The molecule has 2 aliphatic carbocycles. The van der Waals surface area contributed by atoms with Gasteiger partial charge in [0.1, 0.15) is 11.6 Å². The highest BCUT2D eigenvalue weighted by Gasteiger charge is 2.21. The summed E-state index contributed by atoms with van der Waals surface area (Å²) in [4.78, 5) is 36.2. The van der Waals surface area contributed by atoms with E-state index >= 15 is 0 Å². The molecule has 0 aliphatic heterocycles. The second kappa shape index (κ2) is 19.6. The predicted molar refractivity (Wildman–Crippen MR) is 208 cm³/mol. The van der Waals surface area contributed by atoms with Gasteiger partial charge in [-0.25, -0.2) is 9.97 Å². The molecule has 48 heavy (non-hydrogen) atoms. The number of aromatic nitrogens is 2. The van der Waals surface area contributed by atoms with Crippen molar-refractivity contribution in [3.8, 4) is 22.3 Å². The van der Waals surface area contributed by atoms with Crippen molar-refractivity contribution < 1.29 is 9.59 Å². The van der Waals surface area contributed by atoms with E-state index in [0.717, 1.165) is 0 Å². The van der Waals surface area contributed by atoms with Gasteiger partial charge in [0.25, 0.3) is 0 Å². The van der Waals surface area contributed by atoms with Gasteiger partial charge < -0.3 is 11.1 Å². The second-order valence-corrected chi connectivity index (χ2v) is 16.2. The first-order valence-electron chi connectivity index (χ1n) is 16.4. The Balaban J connectivity index is 0.000000212. The number of anilines is 2. The molecule has 4 aromatic rings. The van der Waals surface area contributed by atoms with Crippen LogP contribution in [0.5, 0.6) is 0 Å². The molecule has 6 rings (SSSR count). The summed E-state index contributed by atoms with van der Waals surface area (Å²) in [6.07, 6.45) is 13.9. The summed E-state index contributed by atoms with van der Waals surface area (Å²) in [5.74, 6) is 1.17. The smallest absolute Gasteiger partial charge is 0.228 e. The molecule has 0 radical (unpaired) electrons. The number of aryl methyl sites for hydroxylation is 4. The molecule has 0 saturated heterocycles. The maximum atomic E-state index is 11.7. The van der Waals surface area contributed by atoms with Crippen LogP contribution in [0.4, 0.5) is 11.6 Å². The van der Waals surface area contributed by atoms with Crippen LogP contribution in [0.3, 0.4) is 0 Å². The number of nitrogens with zero attached hydrogens (tertiary/aromatic N) is 2. The lowest BCUT2D eigenvalue weighted by molar-refractivity contribution is -0.119. The summed E-state index contributed by atoms with van der Waals surface area (Å²) < 4.78 is 0. The second-order valence-electron chi connectivity index (χ2n) is 12.4. The van der Waals surface area contributed by atoms with E-state index in [1.54, 1.807) is 29.2 Å². The Morgan fingerprint density at radius 1 is 0.771 bits per heavy atom. The van der Waals surface area contributed by atoms with Gasteiger partial charge in [0.15, 0.2) is 0 Å². The van der Waals surface area contributed by atoms with Crippen LogP contribution >= 0.6 is 57.5 Å². The molecule has 0 unspecified atom stereocenters. The monoisotopic (exact) mass is 748 g/mol. The highest BCUT2D eigenvalue weighted by atomic mass is 35.5. The number of hydrogen-bond donors (Lipinski definition) is 2. The highest BCUT2D eigenvalue weighted by molar-refractivity contribution is 7.13. The third-order valence-corrected chi connectivity index (χ3v) is 10.9. The summed E-state index contributed by atoms with van der Waals surface area (Å²) in [6, 6.07) is 7.96. The van der Waals surface area contributed by atoms with E-state index in [2.05, 4.69) is 41.3 Å². The zero-order valence-corrected chi connectivity index (χ0v) is 32.6. The van der Waals surface area contributed by atoms with Gasteiger partial charge in [0.05, 0.1) is 5.34 Å². The van der Waals surface area contributed by atoms with Crippen molar-refractivity contribution in [1.29, 1.82) is 0 Å². The number of nitrogen functional groups attached to an aromatic ring is 1. The van der Waals surface area contributed by atoms with E-state index in [4.69, 9.17) is 40.5 Å². The number of halogens is 3. The van der Waals surface area contributed by atoms with Gasteiger partial charge in [-0.3, -0.25) is 9.59 Å². The largest absolute Gasteiger partial charge is 0.384 e. The van der Waals surface area contributed by atoms with E-state index in [-0.39, 0.29) is 28.3 Å². The Hall–Kier alpha value is -2.49. The molecule has 6 nitrogen and oxygen atoms in total. The standard InChI is InChI=1S/C18H22N2OS.C14H16N2S.C4H7ClO.CH2Cl2/c1-11(2)18(21)20-16-9-8-13(10-19-16)17-12(3)22-15-7-5-4-6-14(15)17;1-9-14(10-6-7-13(15)16-8-10)11-4-2-3-5-12(11)17-9;1-3(2)4(5)6;2-1-3/h8-11H,4-7H2,1-3H3,(H,19,20,21);6-8H,2-5H2,1H3,(H2,15,16);3H,1-2H3;1H2. The number of fused-ring (bicyclic) bond motifs is 2. The van der Waals surface area contributed by atoms with Gasteiger partial charge in [-0.2, -0.15) is 0 Å². The van der Waals surface area contributed by atoms with Gasteiger partial charge in [-0.1, -0.05) is 27.7 Å². The van der Waals surface area contributed by atoms with Crippen LogP contribution in [0.2, 0.25) is 0 Å². The van der Waals surface area contributed by atoms with Crippen molar-refractivity contribution in [2.45, 2.75) is 92.9 Å². The lowest BCUT2D eigenvalue weighted by Gasteiger charge is -2.13. The minimum absolute atomic E-state index is 0.00402. The molecule has 2 aliphatic rings. The summed E-state index contributed by atoms with van der Waals surface area (Å²) in [6.45, 7) is 11.7. The number of thiophene rings is 2. The normalized spacial score (nSPS) is 13.1. The van der Waals surface area contributed by atoms with Gasteiger partial charge in [-0.15, -0.1) is 45.9 Å². The third kappa shape index (κ3) is 11.3. The Morgan fingerprint density at radius 3 is 1.58 bits per heavy atom. The lowest BCUT2D eigenvalue weighted by atomic mass is 9.92. The topological polar surface area (TPSA) is 98.0 Å². The minimum Gasteiger partial charge on any atom is -0.384 e. The zero-order chi connectivity index (χ0) is 35.4. The number of nitrogens with one attached hydrogen (secondary N) is 1. The van der Waals surface area contributed by atoms with Crippen molar-refractivity contribution in [2.24, 2.45) is 11.8 Å². The van der Waals surface area contributed by atoms with Crippen molar-refractivity contribution in [1.82, 2.24) is 9.97 Å². The molecule has 0 aromatic carbocycles. The molecular weight excluding hydrogens is 703 g/mol. The number of rotatable bonds is 5. The zero-order valence-electron chi connectivity index (χ0n) is 28.7. The fraction of sp³-hybridized carbons (Fsp3) is 0.459. The van der Waals surface area contributed by atoms with Crippen molar-refractivity contribution in [3.05, 3.63) is 67.3 Å². The maximum absolute atomic E-state index is 11.7. The first-order chi connectivity index (χ1) is 22.9. The first kappa shape index (κ1) is 39.9. The Kier molecular flexibility index (Phi) is 16.3. The number of nitrogens with two attached hydrogens (primary N) is 1. The molecule has 4 aromatic heterocycles. The van der Waals surface area contributed by atoms with Crippen LogP contribution in [0.15, 0.2) is 36.7 Å². The third-order valence-electron chi connectivity index (χ3n) is 8.05. The fourth-order valence-corrected chi connectivity index (χ4v) is 8.17. The summed E-state index contributed by atoms with van der Waals surface area (Å²) in [7, 11) is 0. The molecule has 0 saturated carbocycles. The average molecular weight is 750 g/mol. The van der Waals surface area contributed by atoms with E-state index in [1.807, 2.05) is 61.0 Å². The first-order valence-corrected chi connectivity index (χ1v) is 19.5. The van der Waals surface area contributed by atoms with E-state index in [1.165, 1.54) is 88.9 Å². The summed E-state index contributed by atoms with van der Waals surface area (Å²) in [5.41, 5.74) is 13.9. The molecule has 0 spiro atoms. The highest BCUT2D eigenvalue weighted by Crippen LogP contribution is 2.41. The van der Waals surface area contributed by atoms with Gasteiger partial charge in [0.2, 0.25) is 11.1 Å². The maximum Gasteiger partial charge on any atom is 0.228 e. The Morgan fingerprint density at radius 2 is 1.21 bits per heavy atom. The van der Waals surface area contributed by atoms with Crippen LogP contribution in [-0.4, -0.2) is 26.5 Å². The number of alkyl halides is 2. The average Bonchev–Trinajstić information content (AvgIpc) is 3.58. The molecule has 1 amide bonds. The Bertz CT molecular complexity index is 1630. The number of amides is 1. The number of hydrogen-bond acceptors (Lipinski definition) is 7. The van der Waals surface area contributed by atoms with Gasteiger partial charge >= 0.3 is 0 Å². The number of carbonyl (C=O) groups is 2. The molecule has 0 atom stereocenters. The quantitative estimate of drug-likeness (QED) is 0.156. The predicted octanol–water partition coefficient (Wildman–Crippen LogP) is 11.0. The number of pyridine rings is 2. The number of carbonyl (C=O) groups excluding carboxylic acids is 2. The van der Waals surface area contributed by atoms with Gasteiger partial charge in [0, 0.05) is 66.0 Å². The molecule has 11 heteroatoms. The van der Waals surface area contributed by atoms with Crippen LogP contribution in [0, 0.1) is 25.7 Å². The molecular formula is C37H47Cl3N4O2S2. The summed E-state index contributed by atoms with van der Waals surface area (Å²) >= 11 is 18.4. The molecule has 3 N–H and O–H groups in total. The van der Waals surface area contributed by atoms with E-state index in [0.29, 0.717) is 11.6 Å². The van der Waals surface area contributed by atoms with Crippen LogP contribution in [0.25, 0.3) is 22.3 Å². The van der Waals surface area contributed by atoms with Gasteiger partial charge in [-0.05, 0) is 112 Å². The lowest BCUT2D eigenvalue weighted by Crippen LogP contribution is -2.18. The minimum atomic E-state index is -0.269. The van der Waals surface area contributed by atoms with Crippen molar-refractivity contribution in [2.75, 3.05) is 16.4 Å². The molecule has 4 heterocycles. The van der Waals surface area contributed by atoms with E-state index in [9.17, 15) is 9.59 Å². The molecule has 0 bridgehead atoms. The van der Waals surface area contributed by atoms with Crippen molar-refractivity contribution >= 4 is 80.3 Å². The van der Waals surface area contributed by atoms with Crippen LogP contribution in [0.1, 0.15) is 84.0 Å². The van der Waals surface area contributed by atoms with Crippen LogP contribution < -0.4 is 11.1 Å². The Labute approximate surface area is 308 Å².